The zero-order chi connectivity index (χ0) is 14.7. The van der Waals surface area contributed by atoms with Crippen molar-refractivity contribution in [3.05, 3.63) is 77.3 Å². The molecule has 0 bridgehead atoms. The first-order valence-electron chi connectivity index (χ1n) is 6.77. The van der Waals surface area contributed by atoms with Gasteiger partial charge in [-0.15, -0.1) is 11.8 Å². The van der Waals surface area contributed by atoms with Crippen molar-refractivity contribution >= 4 is 34.1 Å². The highest BCUT2D eigenvalue weighted by Crippen LogP contribution is 2.28. The van der Waals surface area contributed by atoms with Crippen LogP contribution in [0, 0.1) is 0 Å². The van der Waals surface area contributed by atoms with Crippen LogP contribution in [-0.2, 0) is 0 Å². The first-order chi connectivity index (χ1) is 10.2. The van der Waals surface area contributed by atoms with Crippen LogP contribution in [0.2, 0.25) is 5.02 Å². The lowest BCUT2D eigenvalue weighted by atomic mass is 10.0. The number of aliphatic hydroxyl groups excluding tert-OH is 1. The fourth-order valence-electron chi connectivity index (χ4n) is 2.24. The predicted molar refractivity (Wildman–Crippen MR) is 91.1 cm³/mol. The van der Waals surface area contributed by atoms with Gasteiger partial charge in [-0.05, 0) is 40.6 Å². The maximum absolute atomic E-state index is 10.4. The van der Waals surface area contributed by atoms with Crippen molar-refractivity contribution < 1.29 is 5.11 Å². The van der Waals surface area contributed by atoms with Gasteiger partial charge in [0.15, 0.2) is 0 Å². The first kappa shape index (κ1) is 14.5. The molecule has 1 N–H and O–H groups in total. The molecule has 0 heterocycles. The maximum atomic E-state index is 10.4. The van der Waals surface area contributed by atoms with E-state index in [0.29, 0.717) is 5.75 Å². The second-order valence-electron chi connectivity index (χ2n) is 4.89. The number of hydrogen-bond acceptors (Lipinski definition) is 2. The summed E-state index contributed by atoms with van der Waals surface area (Å²) in [7, 11) is 0. The number of thioether (sulfide) groups is 1. The van der Waals surface area contributed by atoms with Crippen molar-refractivity contribution in [2.75, 3.05) is 5.75 Å². The molecule has 1 nitrogen and oxygen atoms in total. The third kappa shape index (κ3) is 3.59. The van der Waals surface area contributed by atoms with E-state index in [9.17, 15) is 5.11 Å². The Morgan fingerprint density at radius 1 is 0.905 bits per heavy atom. The van der Waals surface area contributed by atoms with Gasteiger partial charge in [-0.25, -0.2) is 0 Å². The molecule has 1 unspecified atom stereocenters. The molecular weight excluding hydrogens is 300 g/mol. The Balaban J connectivity index is 1.73. The van der Waals surface area contributed by atoms with Crippen LogP contribution in [0.4, 0.5) is 0 Å². The van der Waals surface area contributed by atoms with Crippen LogP contribution < -0.4 is 0 Å². The Morgan fingerprint density at radius 2 is 1.71 bits per heavy atom. The van der Waals surface area contributed by atoms with E-state index in [2.05, 4.69) is 24.3 Å². The predicted octanol–water partition coefficient (Wildman–Crippen LogP) is 5.32. The topological polar surface area (TPSA) is 20.2 Å². The monoisotopic (exact) mass is 314 g/mol. The highest BCUT2D eigenvalue weighted by Gasteiger charge is 2.09. The summed E-state index contributed by atoms with van der Waals surface area (Å²) in [5, 5.41) is 13.4. The van der Waals surface area contributed by atoms with Gasteiger partial charge >= 0.3 is 0 Å². The van der Waals surface area contributed by atoms with E-state index < -0.39 is 6.10 Å². The van der Waals surface area contributed by atoms with Crippen molar-refractivity contribution in [2.24, 2.45) is 0 Å². The molecule has 0 aliphatic rings. The quantitative estimate of drug-likeness (QED) is 0.658. The van der Waals surface area contributed by atoms with Crippen molar-refractivity contribution in [3.63, 3.8) is 0 Å². The zero-order valence-electron chi connectivity index (χ0n) is 11.4. The minimum atomic E-state index is -0.487. The van der Waals surface area contributed by atoms with Gasteiger partial charge in [-0.3, -0.25) is 0 Å². The summed E-state index contributed by atoms with van der Waals surface area (Å²) in [6.07, 6.45) is -0.487. The summed E-state index contributed by atoms with van der Waals surface area (Å²) >= 11 is 7.58. The molecule has 3 aromatic rings. The van der Waals surface area contributed by atoms with Gasteiger partial charge in [0.2, 0.25) is 0 Å². The molecule has 106 valence electrons. The molecule has 3 aromatic carbocycles. The molecule has 0 aromatic heterocycles. The van der Waals surface area contributed by atoms with Gasteiger partial charge in [0, 0.05) is 15.7 Å². The lowest BCUT2D eigenvalue weighted by Gasteiger charge is -2.12. The van der Waals surface area contributed by atoms with Crippen LogP contribution in [0.25, 0.3) is 10.8 Å². The highest BCUT2D eigenvalue weighted by atomic mass is 35.5. The molecule has 0 fully saturated rings. The average Bonchev–Trinajstić information content (AvgIpc) is 2.52. The van der Waals surface area contributed by atoms with Gasteiger partial charge in [0.05, 0.1) is 6.10 Å². The smallest absolute Gasteiger partial charge is 0.0884 e. The minimum Gasteiger partial charge on any atom is -0.388 e. The molecule has 3 heteroatoms. The number of halogens is 1. The maximum Gasteiger partial charge on any atom is 0.0884 e. The molecule has 0 radical (unpaired) electrons. The summed E-state index contributed by atoms with van der Waals surface area (Å²) in [6.45, 7) is 0. The van der Waals surface area contributed by atoms with E-state index in [0.717, 1.165) is 20.9 Å². The van der Waals surface area contributed by atoms with E-state index >= 15 is 0 Å². The van der Waals surface area contributed by atoms with Crippen molar-refractivity contribution in [1.29, 1.82) is 0 Å². The molecule has 0 saturated heterocycles. The SMILES string of the molecule is OC(CSc1cccc(Cl)c1)c1ccc2ccccc2c1. The van der Waals surface area contributed by atoms with Gasteiger partial charge in [0.25, 0.3) is 0 Å². The number of benzene rings is 3. The van der Waals surface area contributed by atoms with Crippen LogP contribution >= 0.6 is 23.4 Å². The summed E-state index contributed by atoms with van der Waals surface area (Å²) in [5.41, 5.74) is 0.947. The molecule has 21 heavy (non-hydrogen) atoms. The Morgan fingerprint density at radius 3 is 2.52 bits per heavy atom. The van der Waals surface area contributed by atoms with E-state index in [-0.39, 0.29) is 0 Å². The van der Waals surface area contributed by atoms with Gasteiger partial charge in [0.1, 0.15) is 0 Å². The second-order valence-corrected chi connectivity index (χ2v) is 6.42. The zero-order valence-corrected chi connectivity index (χ0v) is 12.9. The second kappa shape index (κ2) is 6.52. The third-order valence-corrected chi connectivity index (χ3v) is 4.67. The molecule has 3 rings (SSSR count). The minimum absolute atomic E-state index is 0.487. The van der Waals surface area contributed by atoms with E-state index in [4.69, 9.17) is 11.6 Å². The first-order valence-corrected chi connectivity index (χ1v) is 8.14. The Labute approximate surface area is 133 Å². The summed E-state index contributed by atoms with van der Waals surface area (Å²) in [5.74, 6) is 0.610. The van der Waals surface area contributed by atoms with E-state index in [1.54, 1.807) is 11.8 Å². The van der Waals surface area contributed by atoms with Gasteiger partial charge < -0.3 is 5.11 Å². The molecule has 0 saturated carbocycles. The molecule has 1 atom stereocenters. The van der Waals surface area contributed by atoms with Crippen molar-refractivity contribution in [2.45, 2.75) is 11.0 Å². The van der Waals surface area contributed by atoms with Crippen LogP contribution in [0.15, 0.2) is 71.6 Å². The van der Waals surface area contributed by atoms with E-state index in [1.165, 1.54) is 5.39 Å². The Hall–Kier alpha value is -1.48. The van der Waals surface area contributed by atoms with Crippen LogP contribution in [-0.4, -0.2) is 10.9 Å². The van der Waals surface area contributed by atoms with Crippen LogP contribution in [0.5, 0.6) is 0 Å². The fourth-order valence-corrected chi connectivity index (χ4v) is 3.43. The fraction of sp³-hybridized carbons (Fsp3) is 0.111. The molecule has 0 aliphatic heterocycles. The average molecular weight is 315 g/mol. The highest BCUT2D eigenvalue weighted by molar-refractivity contribution is 7.99. The Kier molecular flexibility index (Phi) is 4.49. The van der Waals surface area contributed by atoms with Crippen LogP contribution in [0.1, 0.15) is 11.7 Å². The third-order valence-electron chi connectivity index (χ3n) is 3.36. The Bertz CT molecular complexity index is 757. The molecule has 0 aliphatic carbocycles. The summed E-state index contributed by atoms with van der Waals surface area (Å²) in [4.78, 5) is 1.07. The number of aliphatic hydroxyl groups is 1. The lowest BCUT2D eigenvalue weighted by molar-refractivity contribution is 0.204. The standard InChI is InChI=1S/C18H15ClOS/c19-16-6-3-7-17(11-16)21-12-18(20)15-9-8-13-4-1-2-5-14(13)10-15/h1-11,18,20H,12H2. The number of rotatable bonds is 4. The molecule has 0 spiro atoms. The van der Waals surface area contributed by atoms with E-state index in [1.807, 2.05) is 42.5 Å². The summed E-state index contributed by atoms with van der Waals surface area (Å²) in [6, 6.07) is 22.0. The normalized spacial score (nSPS) is 12.5. The van der Waals surface area contributed by atoms with Crippen LogP contribution in [0.3, 0.4) is 0 Å². The van der Waals surface area contributed by atoms with Crippen molar-refractivity contribution in [1.82, 2.24) is 0 Å². The molecular formula is C18H15ClOS. The van der Waals surface area contributed by atoms with Gasteiger partial charge in [-0.2, -0.15) is 0 Å². The van der Waals surface area contributed by atoms with Gasteiger partial charge in [-0.1, -0.05) is 54.1 Å². The van der Waals surface area contributed by atoms with Crippen molar-refractivity contribution in [3.8, 4) is 0 Å². The lowest BCUT2D eigenvalue weighted by Crippen LogP contribution is -2.00. The number of hydrogen-bond donors (Lipinski definition) is 1. The number of fused-ring (bicyclic) bond motifs is 1. The molecule has 0 amide bonds. The summed E-state index contributed by atoms with van der Waals surface area (Å²) < 4.78 is 0. The largest absolute Gasteiger partial charge is 0.388 e.